The van der Waals surface area contributed by atoms with Crippen molar-refractivity contribution in [1.82, 2.24) is 4.90 Å². The molecule has 0 aromatic heterocycles. The SMILES string of the molecule is [2H]C([2H])(N)[C@@H]1[C@H](C)OC(F)(F)CN1C(=O)OC(C)(C)C. The molecule has 0 aromatic carbocycles. The fourth-order valence-corrected chi connectivity index (χ4v) is 1.65. The lowest BCUT2D eigenvalue weighted by Gasteiger charge is -2.42. The van der Waals surface area contributed by atoms with Crippen molar-refractivity contribution in [2.45, 2.75) is 51.6 Å². The number of halogens is 2. The highest BCUT2D eigenvalue weighted by Crippen LogP contribution is 2.29. The molecule has 1 rings (SSSR count). The molecule has 0 bridgehead atoms. The minimum atomic E-state index is -3.57. The Bertz CT molecular complexity index is 383. The van der Waals surface area contributed by atoms with Gasteiger partial charge in [0.05, 0.1) is 12.1 Å². The lowest BCUT2D eigenvalue weighted by Crippen LogP contribution is -2.61. The normalized spacial score (nSPS) is 30.5. The Morgan fingerprint density at radius 3 is 2.67 bits per heavy atom. The molecular weight excluding hydrogens is 246 g/mol. The van der Waals surface area contributed by atoms with Gasteiger partial charge in [-0.2, -0.15) is 8.78 Å². The van der Waals surface area contributed by atoms with Gasteiger partial charge in [-0.25, -0.2) is 4.79 Å². The monoisotopic (exact) mass is 268 g/mol. The molecule has 0 spiro atoms. The number of rotatable bonds is 1. The summed E-state index contributed by atoms with van der Waals surface area (Å²) in [6.07, 6.45) is -5.89. The van der Waals surface area contributed by atoms with Gasteiger partial charge in [0.2, 0.25) is 0 Å². The second-order valence-electron chi connectivity index (χ2n) is 5.18. The Morgan fingerprint density at radius 2 is 2.22 bits per heavy atom. The molecule has 2 N–H and O–H groups in total. The molecule has 5 nitrogen and oxygen atoms in total. The standard InChI is InChI=1S/C11H20F2N2O3/c1-7-8(5-14)15(6-11(12,13)17-7)9(16)18-10(2,3)4/h7-8H,5-6,14H2,1-4H3/t7-,8+/m0/s1/i5D2. The molecule has 1 amide bonds. The second kappa shape index (κ2) is 4.97. The number of nitrogens with zero attached hydrogens (tertiary/aromatic N) is 1. The molecule has 1 fully saturated rings. The highest BCUT2D eigenvalue weighted by Gasteiger charge is 2.47. The maximum Gasteiger partial charge on any atom is 0.410 e. The number of carbonyl (C=O) groups excluding carboxylic acids is 1. The fourth-order valence-electron chi connectivity index (χ4n) is 1.65. The lowest BCUT2D eigenvalue weighted by molar-refractivity contribution is -0.300. The van der Waals surface area contributed by atoms with E-state index < -0.39 is 43.0 Å². The van der Waals surface area contributed by atoms with Crippen LogP contribution in [0.4, 0.5) is 13.6 Å². The predicted molar refractivity (Wildman–Crippen MR) is 61.3 cm³/mol. The summed E-state index contributed by atoms with van der Waals surface area (Å²) in [5, 5.41) is 0. The van der Waals surface area contributed by atoms with Crippen LogP contribution in [0.3, 0.4) is 0 Å². The van der Waals surface area contributed by atoms with Crippen LogP contribution >= 0.6 is 0 Å². The zero-order valence-electron chi connectivity index (χ0n) is 12.9. The first-order valence-electron chi connectivity index (χ1n) is 6.57. The number of ether oxygens (including phenoxy) is 2. The molecule has 106 valence electrons. The van der Waals surface area contributed by atoms with Crippen molar-refractivity contribution in [3.8, 4) is 0 Å². The van der Waals surface area contributed by atoms with Gasteiger partial charge >= 0.3 is 12.2 Å². The summed E-state index contributed by atoms with van der Waals surface area (Å²) in [6.45, 7) is 2.48. The van der Waals surface area contributed by atoms with Crippen LogP contribution in [0.1, 0.15) is 30.4 Å². The molecule has 0 aromatic rings. The van der Waals surface area contributed by atoms with Gasteiger partial charge in [-0.15, -0.1) is 0 Å². The van der Waals surface area contributed by atoms with Gasteiger partial charge in [-0.3, -0.25) is 4.90 Å². The Morgan fingerprint density at radius 1 is 1.67 bits per heavy atom. The van der Waals surface area contributed by atoms with E-state index in [9.17, 15) is 13.6 Å². The van der Waals surface area contributed by atoms with E-state index in [2.05, 4.69) is 4.74 Å². The van der Waals surface area contributed by atoms with Gasteiger partial charge < -0.3 is 15.2 Å². The average Bonchev–Trinajstić information content (AvgIpc) is 2.08. The summed E-state index contributed by atoms with van der Waals surface area (Å²) in [5.41, 5.74) is 4.45. The summed E-state index contributed by atoms with van der Waals surface area (Å²) in [7, 11) is 0. The molecule has 1 aliphatic heterocycles. The van der Waals surface area contributed by atoms with Crippen LogP contribution in [0, 0.1) is 0 Å². The fraction of sp³-hybridized carbons (Fsp3) is 0.909. The van der Waals surface area contributed by atoms with Crippen LogP contribution in [0.15, 0.2) is 0 Å². The minimum Gasteiger partial charge on any atom is -0.444 e. The van der Waals surface area contributed by atoms with Crippen LogP contribution in [0.2, 0.25) is 0 Å². The highest BCUT2D eigenvalue weighted by molar-refractivity contribution is 5.69. The molecule has 1 saturated heterocycles. The van der Waals surface area contributed by atoms with E-state index in [-0.39, 0.29) is 0 Å². The first-order valence-corrected chi connectivity index (χ1v) is 5.57. The average molecular weight is 268 g/mol. The molecule has 1 heterocycles. The van der Waals surface area contributed by atoms with E-state index in [0.717, 1.165) is 0 Å². The zero-order valence-corrected chi connectivity index (χ0v) is 10.9. The van der Waals surface area contributed by atoms with E-state index in [1.807, 2.05) is 0 Å². The van der Waals surface area contributed by atoms with Gasteiger partial charge in [0.1, 0.15) is 12.1 Å². The smallest absolute Gasteiger partial charge is 0.410 e. The van der Waals surface area contributed by atoms with Crippen molar-refractivity contribution in [3.05, 3.63) is 0 Å². The van der Waals surface area contributed by atoms with Crippen molar-refractivity contribution in [2.24, 2.45) is 5.73 Å². The maximum absolute atomic E-state index is 13.4. The Balaban J connectivity index is 3.05. The summed E-state index contributed by atoms with van der Waals surface area (Å²) in [5.74, 6) is 0. The number of carbonyl (C=O) groups is 1. The topological polar surface area (TPSA) is 64.8 Å². The third-order valence-corrected chi connectivity index (χ3v) is 2.29. The molecule has 2 atom stereocenters. The van der Waals surface area contributed by atoms with E-state index in [1.165, 1.54) is 6.92 Å². The molecule has 7 heteroatoms. The second-order valence-corrected chi connectivity index (χ2v) is 5.18. The molecule has 0 unspecified atom stereocenters. The van der Waals surface area contributed by atoms with Crippen molar-refractivity contribution in [3.63, 3.8) is 0 Å². The first-order chi connectivity index (χ1) is 8.73. The van der Waals surface area contributed by atoms with Gasteiger partial charge in [0, 0.05) is 9.24 Å². The van der Waals surface area contributed by atoms with E-state index >= 15 is 0 Å². The van der Waals surface area contributed by atoms with Crippen molar-refractivity contribution in [1.29, 1.82) is 0 Å². The van der Waals surface area contributed by atoms with Crippen LogP contribution in [0.25, 0.3) is 0 Å². The predicted octanol–water partition coefficient (Wildman–Crippen LogP) is 1.56. The number of nitrogens with two attached hydrogens (primary N) is 1. The molecule has 1 aliphatic rings. The van der Waals surface area contributed by atoms with Gasteiger partial charge in [0.15, 0.2) is 0 Å². The Labute approximate surface area is 108 Å². The summed E-state index contributed by atoms with van der Waals surface area (Å²) >= 11 is 0. The van der Waals surface area contributed by atoms with Gasteiger partial charge in [-0.05, 0) is 27.7 Å². The number of amides is 1. The Hall–Kier alpha value is -0.950. The van der Waals surface area contributed by atoms with Gasteiger partial charge in [0.25, 0.3) is 0 Å². The highest BCUT2D eigenvalue weighted by atomic mass is 19.3. The largest absolute Gasteiger partial charge is 0.444 e. The van der Waals surface area contributed by atoms with Gasteiger partial charge in [-0.1, -0.05) is 0 Å². The van der Waals surface area contributed by atoms with E-state index in [1.54, 1.807) is 20.8 Å². The van der Waals surface area contributed by atoms with Crippen LogP contribution in [-0.4, -0.2) is 47.9 Å². The first kappa shape index (κ1) is 12.1. The van der Waals surface area contributed by atoms with E-state index in [0.29, 0.717) is 4.90 Å². The quantitative estimate of drug-likeness (QED) is 0.784. The maximum atomic E-state index is 13.4. The molecule has 18 heavy (non-hydrogen) atoms. The van der Waals surface area contributed by atoms with Crippen LogP contribution in [-0.2, 0) is 9.47 Å². The van der Waals surface area contributed by atoms with Crippen molar-refractivity contribution < 1.29 is 25.8 Å². The molecule has 0 aliphatic carbocycles. The number of hydrogen-bond acceptors (Lipinski definition) is 4. The van der Waals surface area contributed by atoms with E-state index in [4.69, 9.17) is 13.2 Å². The van der Waals surface area contributed by atoms with Crippen molar-refractivity contribution >= 4 is 6.09 Å². The number of morpholine rings is 1. The summed E-state index contributed by atoms with van der Waals surface area (Å²) in [6, 6.07) is -1.36. The van der Waals surface area contributed by atoms with Crippen molar-refractivity contribution in [2.75, 3.05) is 13.0 Å². The molecular formula is C11H20F2N2O3. The summed E-state index contributed by atoms with van der Waals surface area (Å²) in [4.78, 5) is 12.6. The summed E-state index contributed by atoms with van der Waals surface area (Å²) < 4.78 is 51.3. The molecule has 0 saturated carbocycles. The number of alkyl halides is 2. The third-order valence-electron chi connectivity index (χ3n) is 2.29. The Kier molecular flexibility index (Phi) is 3.34. The van der Waals surface area contributed by atoms with Crippen LogP contribution < -0.4 is 5.73 Å². The molecule has 0 radical (unpaired) electrons. The van der Waals surface area contributed by atoms with Crippen LogP contribution in [0.5, 0.6) is 0 Å². The number of hydrogen-bond donors (Lipinski definition) is 1. The lowest BCUT2D eigenvalue weighted by atomic mass is 10.1. The minimum absolute atomic E-state index is 0.597. The zero-order chi connectivity index (χ0) is 15.9. The third kappa shape index (κ3) is 3.78.